The van der Waals surface area contributed by atoms with Crippen LogP contribution in [0.2, 0.25) is 0 Å². The van der Waals surface area contributed by atoms with Crippen molar-refractivity contribution in [3.8, 4) is 0 Å². The molecule has 3 heterocycles. The van der Waals surface area contributed by atoms with Gasteiger partial charge in [0.1, 0.15) is 0 Å². The number of anilines is 2. The first-order chi connectivity index (χ1) is 14.0. The van der Waals surface area contributed by atoms with Crippen molar-refractivity contribution in [2.24, 2.45) is 0 Å². The van der Waals surface area contributed by atoms with E-state index in [1.807, 2.05) is 39.0 Å². The number of fused-ring (bicyclic) bond motifs is 1. The van der Waals surface area contributed by atoms with Crippen molar-refractivity contribution in [2.75, 3.05) is 5.32 Å². The van der Waals surface area contributed by atoms with Crippen LogP contribution in [0.4, 0.5) is 11.9 Å². The van der Waals surface area contributed by atoms with Gasteiger partial charge in [0.2, 0.25) is 11.9 Å². The SMILES string of the molecule is Cc1ccc2nc(Nc3nc(CSc4nccc(C)n4)cc(=O)[nH]3)nc(C)c2c1. The number of aryl methyl sites for hydroxylation is 3. The van der Waals surface area contributed by atoms with Gasteiger partial charge in [-0.1, -0.05) is 23.4 Å². The van der Waals surface area contributed by atoms with Gasteiger partial charge in [-0.3, -0.25) is 15.1 Å². The largest absolute Gasteiger partial charge is 0.294 e. The molecule has 0 aliphatic rings. The molecule has 9 heteroatoms. The van der Waals surface area contributed by atoms with Crippen molar-refractivity contribution >= 4 is 34.6 Å². The van der Waals surface area contributed by atoms with Crippen molar-refractivity contribution in [3.63, 3.8) is 0 Å². The Labute approximate surface area is 171 Å². The Kier molecular flexibility index (Phi) is 5.22. The van der Waals surface area contributed by atoms with Crippen LogP contribution in [0.1, 0.15) is 22.6 Å². The van der Waals surface area contributed by atoms with Crippen LogP contribution in [0, 0.1) is 20.8 Å². The average Bonchev–Trinajstić information content (AvgIpc) is 2.67. The number of rotatable bonds is 5. The molecule has 3 aromatic heterocycles. The smallest absolute Gasteiger partial charge is 0.252 e. The average molecular weight is 405 g/mol. The Morgan fingerprint density at radius 1 is 1.03 bits per heavy atom. The van der Waals surface area contributed by atoms with E-state index in [1.165, 1.54) is 17.8 Å². The quantitative estimate of drug-likeness (QED) is 0.384. The topological polar surface area (TPSA) is 109 Å². The minimum absolute atomic E-state index is 0.253. The lowest BCUT2D eigenvalue weighted by Crippen LogP contribution is -2.13. The Bertz CT molecular complexity index is 1260. The second-order valence-corrected chi connectivity index (χ2v) is 7.58. The van der Waals surface area contributed by atoms with Gasteiger partial charge in [-0.2, -0.15) is 0 Å². The molecule has 0 aliphatic carbocycles. The molecule has 0 spiro atoms. The van der Waals surface area contributed by atoms with E-state index >= 15 is 0 Å². The second-order valence-electron chi connectivity index (χ2n) is 6.63. The minimum atomic E-state index is -0.253. The first-order valence-electron chi connectivity index (χ1n) is 9.01. The van der Waals surface area contributed by atoms with E-state index in [9.17, 15) is 4.79 Å². The number of benzene rings is 1. The summed E-state index contributed by atoms with van der Waals surface area (Å²) in [4.78, 5) is 36.8. The van der Waals surface area contributed by atoms with Gasteiger partial charge in [-0.15, -0.1) is 0 Å². The van der Waals surface area contributed by atoms with Crippen molar-refractivity contribution in [1.82, 2.24) is 29.9 Å². The van der Waals surface area contributed by atoms with Crippen molar-refractivity contribution < 1.29 is 0 Å². The fraction of sp³-hybridized carbons (Fsp3) is 0.200. The van der Waals surface area contributed by atoms with Crippen molar-refractivity contribution in [1.29, 1.82) is 0 Å². The second kappa shape index (κ2) is 7.96. The van der Waals surface area contributed by atoms with Crippen LogP contribution >= 0.6 is 11.8 Å². The molecule has 0 bridgehead atoms. The number of hydrogen-bond donors (Lipinski definition) is 2. The van der Waals surface area contributed by atoms with Crippen LogP contribution < -0.4 is 10.9 Å². The molecule has 0 radical (unpaired) electrons. The van der Waals surface area contributed by atoms with Crippen molar-refractivity contribution in [2.45, 2.75) is 31.7 Å². The molecule has 8 nitrogen and oxygen atoms in total. The number of hydrogen-bond acceptors (Lipinski definition) is 8. The fourth-order valence-electron chi connectivity index (χ4n) is 2.83. The van der Waals surface area contributed by atoms with Crippen LogP contribution in [-0.4, -0.2) is 29.9 Å². The number of nitrogens with one attached hydrogen (secondary N) is 2. The van der Waals surface area contributed by atoms with Crippen LogP contribution in [0.3, 0.4) is 0 Å². The molecule has 4 rings (SSSR count). The molecule has 0 aliphatic heterocycles. The summed E-state index contributed by atoms with van der Waals surface area (Å²) in [5.74, 6) is 1.15. The third kappa shape index (κ3) is 4.57. The molecule has 0 fully saturated rings. The molecule has 29 heavy (non-hydrogen) atoms. The summed E-state index contributed by atoms with van der Waals surface area (Å²) in [5.41, 5.74) is 4.08. The number of aromatic amines is 1. The third-order valence-electron chi connectivity index (χ3n) is 4.19. The van der Waals surface area contributed by atoms with Crippen molar-refractivity contribution in [3.05, 3.63) is 69.5 Å². The molecule has 0 saturated heterocycles. The number of nitrogens with zero attached hydrogens (tertiary/aromatic N) is 5. The van der Waals surface area contributed by atoms with E-state index in [1.54, 1.807) is 6.20 Å². The van der Waals surface area contributed by atoms with E-state index in [-0.39, 0.29) is 5.56 Å². The summed E-state index contributed by atoms with van der Waals surface area (Å²) in [6, 6.07) is 9.31. The standard InChI is InChI=1S/C20H19N7OS/c1-11-4-5-16-15(8-11)13(3)23-18(25-16)27-19-24-14(9-17(28)26-19)10-29-20-21-7-6-12(2)22-20/h4-9H,10H2,1-3H3,(H2,23,24,25,26,27,28). The summed E-state index contributed by atoms with van der Waals surface area (Å²) >= 11 is 1.42. The van der Waals surface area contributed by atoms with Gasteiger partial charge in [0, 0.05) is 29.1 Å². The molecule has 146 valence electrons. The van der Waals surface area contributed by atoms with Gasteiger partial charge in [-0.25, -0.2) is 24.9 Å². The summed E-state index contributed by atoms with van der Waals surface area (Å²) in [7, 11) is 0. The summed E-state index contributed by atoms with van der Waals surface area (Å²) in [6.07, 6.45) is 1.71. The maximum absolute atomic E-state index is 12.1. The zero-order chi connectivity index (χ0) is 20.4. The predicted molar refractivity (Wildman–Crippen MR) is 113 cm³/mol. The van der Waals surface area contributed by atoms with Gasteiger partial charge < -0.3 is 0 Å². The molecular weight excluding hydrogens is 386 g/mol. The Hall–Kier alpha value is -3.33. The lowest BCUT2D eigenvalue weighted by molar-refractivity contribution is 0.929. The molecule has 1 aromatic carbocycles. The van der Waals surface area contributed by atoms with E-state index in [0.29, 0.717) is 28.5 Å². The zero-order valence-electron chi connectivity index (χ0n) is 16.2. The van der Waals surface area contributed by atoms with E-state index in [0.717, 1.165) is 27.9 Å². The highest BCUT2D eigenvalue weighted by Crippen LogP contribution is 2.21. The van der Waals surface area contributed by atoms with Gasteiger partial charge >= 0.3 is 0 Å². The highest BCUT2D eigenvalue weighted by atomic mass is 32.2. The normalized spacial score (nSPS) is 11.0. The fourth-order valence-corrected chi connectivity index (χ4v) is 3.60. The highest BCUT2D eigenvalue weighted by molar-refractivity contribution is 7.98. The number of thioether (sulfide) groups is 1. The maximum Gasteiger partial charge on any atom is 0.252 e. The summed E-state index contributed by atoms with van der Waals surface area (Å²) in [6.45, 7) is 5.87. The lowest BCUT2D eigenvalue weighted by Gasteiger charge is -2.09. The van der Waals surface area contributed by atoms with E-state index in [2.05, 4.69) is 41.3 Å². The van der Waals surface area contributed by atoms with Crippen LogP contribution in [0.15, 0.2) is 46.5 Å². The van der Waals surface area contributed by atoms with Crippen LogP contribution in [-0.2, 0) is 5.75 Å². The van der Waals surface area contributed by atoms with Crippen LogP contribution in [0.5, 0.6) is 0 Å². The molecule has 0 amide bonds. The lowest BCUT2D eigenvalue weighted by atomic mass is 10.1. The highest BCUT2D eigenvalue weighted by Gasteiger charge is 2.09. The first-order valence-corrected chi connectivity index (χ1v) is 9.99. The maximum atomic E-state index is 12.1. The van der Waals surface area contributed by atoms with E-state index < -0.39 is 0 Å². The van der Waals surface area contributed by atoms with Gasteiger partial charge in [0.05, 0.1) is 16.9 Å². The molecule has 0 saturated carbocycles. The Morgan fingerprint density at radius 3 is 2.72 bits per heavy atom. The molecular formula is C20H19N7OS. The first kappa shape index (κ1) is 19.0. The Balaban J connectivity index is 1.57. The summed E-state index contributed by atoms with van der Waals surface area (Å²) in [5, 5.41) is 4.65. The van der Waals surface area contributed by atoms with Crippen LogP contribution in [0.25, 0.3) is 10.9 Å². The zero-order valence-corrected chi connectivity index (χ0v) is 17.0. The van der Waals surface area contributed by atoms with E-state index in [4.69, 9.17) is 0 Å². The molecule has 4 aromatic rings. The molecule has 0 atom stereocenters. The summed E-state index contributed by atoms with van der Waals surface area (Å²) < 4.78 is 0. The van der Waals surface area contributed by atoms with Gasteiger partial charge in [-0.05, 0) is 39.0 Å². The third-order valence-corrected chi connectivity index (χ3v) is 5.08. The monoisotopic (exact) mass is 405 g/mol. The number of aromatic nitrogens is 6. The Morgan fingerprint density at radius 2 is 1.90 bits per heavy atom. The van der Waals surface area contributed by atoms with Gasteiger partial charge in [0.15, 0.2) is 5.16 Å². The number of H-pyrrole nitrogens is 1. The minimum Gasteiger partial charge on any atom is -0.294 e. The van der Waals surface area contributed by atoms with Gasteiger partial charge in [0.25, 0.3) is 5.56 Å². The predicted octanol–water partition coefficient (Wildman–Crippen LogP) is 3.46. The molecule has 2 N–H and O–H groups in total. The molecule has 0 unspecified atom stereocenters.